The van der Waals surface area contributed by atoms with Crippen LogP contribution in [0, 0.1) is 23.7 Å². The van der Waals surface area contributed by atoms with Crippen LogP contribution in [0.1, 0.15) is 63.7 Å². The molecule has 0 aliphatic heterocycles. The van der Waals surface area contributed by atoms with Crippen molar-refractivity contribution in [3.63, 3.8) is 0 Å². The first-order valence-electron chi connectivity index (χ1n) is 9.56. The normalized spacial score (nSPS) is 9.82. The molecule has 0 atom stereocenters. The molecule has 6 nitrogen and oxygen atoms in total. The van der Waals surface area contributed by atoms with Crippen LogP contribution in [0.25, 0.3) is 11.0 Å². The first-order valence-corrected chi connectivity index (χ1v) is 10.3. The van der Waals surface area contributed by atoms with Gasteiger partial charge in [0.2, 0.25) is 0 Å². The molecule has 0 spiro atoms. The number of rotatable bonds is 4. The lowest BCUT2D eigenvalue weighted by Gasteiger charge is -2.01. The van der Waals surface area contributed by atoms with E-state index < -0.39 is 0 Å². The van der Waals surface area contributed by atoms with Gasteiger partial charge in [-0.25, -0.2) is 0 Å². The number of aldehydes is 4. The van der Waals surface area contributed by atoms with Gasteiger partial charge in [-0.15, -0.1) is 0 Å². The lowest BCUT2D eigenvalue weighted by atomic mass is 10.0. The van der Waals surface area contributed by atoms with Crippen LogP contribution in [-0.2, 0) is 0 Å². The predicted molar refractivity (Wildman–Crippen MR) is 124 cm³/mol. The highest BCUT2D eigenvalue weighted by atomic mass is 32.1. The van der Waals surface area contributed by atoms with Crippen LogP contribution in [0.4, 0.5) is 0 Å². The summed E-state index contributed by atoms with van der Waals surface area (Å²) >= 11 is 0.995. The lowest BCUT2D eigenvalue weighted by molar-refractivity contribution is 0.110. The Kier molecular flexibility index (Phi) is 6.26. The smallest absolute Gasteiger partial charge is 0.151 e. The first kappa shape index (κ1) is 21.5. The number of carbonyl (C=O) groups is 4. The quantitative estimate of drug-likeness (QED) is 0.349. The van der Waals surface area contributed by atoms with E-state index in [1.54, 1.807) is 48.5 Å². The van der Waals surface area contributed by atoms with Crippen LogP contribution in [0.3, 0.4) is 0 Å². The van der Waals surface area contributed by atoms with Crippen LogP contribution in [0.5, 0.6) is 0 Å². The predicted octanol–water partition coefficient (Wildman–Crippen LogP) is 3.74. The van der Waals surface area contributed by atoms with Crippen LogP contribution >= 0.6 is 11.7 Å². The van der Waals surface area contributed by atoms with Gasteiger partial charge in [0.15, 0.2) is 25.1 Å². The Labute approximate surface area is 192 Å². The number of hydrogen-bond donors (Lipinski definition) is 0. The van der Waals surface area contributed by atoms with Crippen LogP contribution in [-0.4, -0.2) is 33.9 Å². The van der Waals surface area contributed by atoms with Crippen molar-refractivity contribution < 1.29 is 19.2 Å². The second-order valence-electron chi connectivity index (χ2n) is 6.72. The Morgan fingerprint density at radius 3 is 1.24 bits per heavy atom. The van der Waals surface area contributed by atoms with E-state index in [4.69, 9.17) is 0 Å². The van der Waals surface area contributed by atoms with Crippen molar-refractivity contribution in [1.29, 1.82) is 0 Å². The molecule has 4 aromatic rings. The minimum Gasteiger partial charge on any atom is -0.298 e. The molecule has 1 aromatic heterocycles. The molecule has 0 aliphatic carbocycles. The van der Waals surface area contributed by atoms with E-state index in [1.807, 2.05) is 0 Å². The molecule has 0 saturated heterocycles. The van der Waals surface area contributed by atoms with Gasteiger partial charge in [-0.05, 0) is 12.1 Å². The Balaban J connectivity index is 1.80. The number of hydrogen-bond acceptors (Lipinski definition) is 7. The summed E-state index contributed by atoms with van der Waals surface area (Å²) in [4.78, 5) is 45.4. The van der Waals surface area contributed by atoms with E-state index in [0.717, 1.165) is 11.7 Å². The molecule has 156 valence electrons. The molecule has 0 aliphatic rings. The summed E-state index contributed by atoms with van der Waals surface area (Å²) in [5.74, 6) is 11.7. The van der Waals surface area contributed by atoms with Crippen molar-refractivity contribution in [2.24, 2.45) is 0 Å². The van der Waals surface area contributed by atoms with Crippen LogP contribution in [0.2, 0.25) is 0 Å². The monoisotopic (exact) mass is 448 g/mol. The number of fused-ring (bicyclic) bond motifs is 1. The Morgan fingerprint density at radius 1 is 0.545 bits per heavy atom. The highest BCUT2D eigenvalue weighted by Gasteiger charge is 2.10. The third-order valence-corrected chi connectivity index (χ3v) is 5.35. The molecule has 0 unspecified atom stereocenters. The van der Waals surface area contributed by atoms with Gasteiger partial charge in [-0.1, -0.05) is 60.1 Å². The van der Waals surface area contributed by atoms with Gasteiger partial charge < -0.3 is 0 Å². The van der Waals surface area contributed by atoms with E-state index in [0.29, 0.717) is 80.7 Å². The molecular weight excluding hydrogens is 436 g/mol. The van der Waals surface area contributed by atoms with Crippen molar-refractivity contribution in [3.05, 3.63) is 93.0 Å². The zero-order valence-corrected chi connectivity index (χ0v) is 17.7. The summed E-state index contributed by atoms with van der Waals surface area (Å²) in [6.07, 6.45) is 2.61. The molecule has 1 heterocycles. The van der Waals surface area contributed by atoms with Gasteiger partial charge >= 0.3 is 0 Å². The summed E-state index contributed by atoms with van der Waals surface area (Å²) in [5, 5.41) is 0. The highest BCUT2D eigenvalue weighted by Crippen LogP contribution is 2.21. The van der Waals surface area contributed by atoms with Crippen LogP contribution < -0.4 is 0 Å². The fourth-order valence-electron chi connectivity index (χ4n) is 3.19. The Morgan fingerprint density at radius 2 is 0.909 bits per heavy atom. The van der Waals surface area contributed by atoms with Gasteiger partial charge in [-0.2, -0.15) is 8.75 Å². The maximum absolute atomic E-state index is 11.3. The largest absolute Gasteiger partial charge is 0.298 e. The van der Waals surface area contributed by atoms with Gasteiger partial charge in [0.05, 0.1) is 22.9 Å². The summed E-state index contributed by atoms with van der Waals surface area (Å²) < 4.78 is 8.62. The van der Waals surface area contributed by atoms with E-state index in [9.17, 15) is 19.2 Å². The van der Waals surface area contributed by atoms with Crippen LogP contribution in [0.15, 0.2) is 48.5 Å². The average molecular weight is 448 g/mol. The zero-order chi connectivity index (χ0) is 23.2. The fourth-order valence-corrected chi connectivity index (χ4v) is 3.76. The molecule has 7 heteroatoms. The maximum Gasteiger partial charge on any atom is 0.151 e. The van der Waals surface area contributed by atoms with E-state index >= 15 is 0 Å². The zero-order valence-electron chi connectivity index (χ0n) is 16.9. The van der Waals surface area contributed by atoms with Crippen molar-refractivity contribution in [1.82, 2.24) is 8.75 Å². The molecule has 0 bridgehead atoms. The standard InChI is InChI=1S/C26H12N2O4S/c29-13-19-3-1-4-20(14-30)23(19)11-9-17-7-8-18(26-25(17)27-33-28-26)10-12-24-21(15-31)5-2-6-22(24)16-32/h1-8,13-16H. The average Bonchev–Trinajstić information content (AvgIpc) is 3.36. The van der Waals surface area contributed by atoms with E-state index in [-0.39, 0.29) is 0 Å². The lowest BCUT2D eigenvalue weighted by Crippen LogP contribution is -1.94. The summed E-state index contributed by atoms with van der Waals surface area (Å²) in [6, 6.07) is 13.0. The number of aromatic nitrogens is 2. The molecular formula is C26H12N2O4S. The molecule has 0 fully saturated rings. The molecule has 33 heavy (non-hydrogen) atoms. The van der Waals surface area contributed by atoms with Crippen molar-refractivity contribution in [3.8, 4) is 23.7 Å². The minimum atomic E-state index is 0.321. The van der Waals surface area contributed by atoms with Gasteiger partial charge in [0.1, 0.15) is 11.0 Å². The molecule has 0 amide bonds. The second kappa shape index (κ2) is 9.61. The van der Waals surface area contributed by atoms with E-state index in [1.165, 1.54) is 0 Å². The number of carbonyl (C=O) groups excluding carboxylic acids is 4. The summed E-state index contributed by atoms with van der Waals surface area (Å²) in [7, 11) is 0. The maximum atomic E-state index is 11.3. The molecule has 0 radical (unpaired) electrons. The summed E-state index contributed by atoms with van der Waals surface area (Å²) in [5.41, 5.74) is 4.13. The first-order chi connectivity index (χ1) is 16.2. The number of benzene rings is 3. The second-order valence-corrected chi connectivity index (χ2v) is 7.24. The SMILES string of the molecule is O=Cc1cccc(C=O)c1C#Cc1ccc(C#Cc2c(C=O)cccc2C=O)c2nsnc12. The Bertz CT molecular complexity index is 1390. The third-order valence-electron chi connectivity index (χ3n) is 4.83. The van der Waals surface area contributed by atoms with Gasteiger partial charge in [0.25, 0.3) is 0 Å². The third kappa shape index (κ3) is 4.22. The van der Waals surface area contributed by atoms with Gasteiger partial charge in [0, 0.05) is 33.4 Å². The highest BCUT2D eigenvalue weighted by molar-refractivity contribution is 7.00. The van der Waals surface area contributed by atoms with Gasteiger partial charge in [-0.3, -0.25) is 19.2 Å². The van der Waals surface area contributed by atoms with Crippen molar-refractivity contribution in [2.75, 3.05) is 0 Å². The minimum absolute atomic E-state index is 0.321. The molecule has 0 N–H and O–H groups in total. The fraction of sp³-hybridized carbons (Fsp3) is 0. The molecule has 0 saturated carbocycles. The molecule has 4 rings (SSSR count). The summed E-state index contributed by atoms with van der Waals surface area (Å²) in [6.45, 7) is 0. The van der Waals surface area contributed by atoms with Crippen molar-refractivity contribution >= 4 is 47.9 Å². The topological polar surface area (TPSA) is 94.1 Å². The van der Waals surface area contributed by atoms with Crippen molar-refractivity contribution in [2.45, 2.75) is 0 Å². The Hall–Kier alpha value is -4.72. The molecule has 3 aromatic carbocycles. The number of nitrogens with zero attached hydrogens (tertiary/aromatic N) is 2. The van der Waals surface area contributed by atoms with E-state index in [2.05, 4.69) is 32.4 Å².